The second kappa shape index (κ2) is 2.50. The molecular formula is C8H9N. The minimum absolute atomic E-state index is 0.496. The predicted octanol–water partition coefficient (Wildman–Crippen LogP) is 1.81. The molecule has 0 saturated heterocycles. The minimum atomic E-state index is 0.496. The first kappa shape index (κ1) is 6.10. The molecule has 0 unspecified atom stereocenters. The van der Waals surface area contributed by atoms with Crippen LogP contribution in [0, 0.1) is 12.3 Å². The minimum Gasteiger partial charge on any atom is -0.202 e. The number of nitrogens with zero attached hydrogens (tertiary/aromatic N) is 1. The summed E-state index contributed by atoms with van der Waals surface area (Å²) in [5.74, 6) is 0.496. The van der Waals surface area contributed by atoms with Gasteiger partial charge in [0.15, 0.2) is 0 Å². The second-order valence-corrected chi connectivity index (χ2v) is 2.28. The van der Waals surface area contributed by atoms with E-state index < -0.39 is 0 Å². The summed E-state index contributed by atoms with van der Waals surface area (Å²) in [6.45, 7) is 4.21. The van der Waals surface area contributed by atoms with E-state index >= 15 is 0 Å². The van der Waals surface area contributed by atoms with Crippen LogP contribution < -0.4 is 0 Å². The Morgan fingerprint density at radius 1 is 1.56 bits per heavy atom. The molecule has 1 rings (SSSR count). The third-order valence-corrected chi connectivity index (χ3v) is 1.18. The molecule has 1 nitrogen and oxygen atoms in total. The van der Waals surface area contributed by atoms with Crippen molar-refractivity contribution in [1.82, 2.24) is 4.98 Å². The standard InChI is InChI=1S/C8H9N/c1-7(2)8-5-3-4-6-9-8/h3,5,7H,1-2H3. The molecule has 0 fully saturated rings. The molecule has 0 spiro atoms. The summed E-state index contributed by atoms with van der Waals surface area (Å²) in [6.07, 6.45) is 2.67. The normalized spacial score (nSPS) is 9.22. The van der Waals surface area contributed by atoms with Crippen LogP contribution in [0.25, 0.3) is 0 Å². The van der Waals surface area contributed by atoms with Crippen LogP contribution in [0.3, 0.4) is 0 Å². The molecule has 0 N–H and O–H groups in total. The van der Waals surface area contributed by atoms with Crippen LogP contribution in [0.5, 0.6) is 0 Å². The zero-order valence-corrected chi connectivity index (χ0v) is 5.68. The summed E-state index contributed by atoms with van der Waals surface area (Å²) >= 11 is 0. The van der Waals surface area contributed by atoms with Crippen LogP contribution in [0.15, 0.2) is 12.1 Å². The van der Waals surface area contributed by atoms with Crippen molar-refractivity contribution in [3.8, 4) is 0 Å². The molecule has 1 aromatic rings. The molecule has 1 aromatic heterocycles. The Bertz CT molecular complexity index is 167. The van der Waals surface area contributed by atoms with Crippen molar-refractivity contribution in [3.05, 3.63) is 30.1 Å². The summed E-state index contributed by atoms with van der Waals surface area (Å²) < 4.78 is 0. The molecule has 0 aliphatic rings. The summed E-state index contributed by atoms with van der Waals surface area (Å²) in [5.41, 5.74) is 1.08. The number of hydrogen-bond acceptors (Lipinski definition) is 1. The Hall–Kier alpha value is -1.03. The zero-order chi connectivity index (χ0) is 6.69. The largest absolute Gasteiger partial charge is 0.202 e. The van der Waals surface area contributed by atoms with Crippen molar-refractivity contribution in [2.75, 3.05) is 0 Å². The van der Waals surface area contributed by atoms with E-state index in [-0.39, 0.29) is 0 Å². The van der Waals surface area contributed by atoms with Crippen molar-refractivity contribution in [3.63, 3.8) is 0 Å². The smallest absolute Gasteiger partial charge is 0.0542 e. The lowest BCUT2D eigenvalue weighted by molar-refractivity contribution is 0.824. The van der Waals surface area contributed by atoms with Crippen LogP contribution in [-0.4, -0.2) is 4.98 Å². The van der Waals surface area contributed by atoms with Gasteiger partial charge in [0, 0.05) is 6.20 Å². The van der Waals surface area contributed by atoms with Crippen LogP contribution in [0.1, 0.15) is 25.5 Å². The number of rotatable bonds is 1. The van der Waals surface area contributed by atoms with Crippen LogP contribution in [-0.2, 0) is 0 Å². The lowest BCUT2D eigenvalue weighted by atomic mass is 10.1. The quantitative estimate of drug-likeness (QED) is 0.549. The first-order chi connectivity index (χ1) is 4.30. The van der Waals surface area contributed by atoms with Gasteiger partial charge in [-0.25, -0.2) is 4.98 Å². The van der Waals surface area contributed by atoms with Crippen molar-refractivity contribution in [2.45, 2.75) is 19.8 Å². The topological polar surface area (TPSA) is 12.9 Å². The third-order valence-electron chi connectivity index (χ3n) is 1.18. The van der Waals surface area contributed by atoms with Gasteiger partial charge in [-0.1, -0.05) is 13.8 Å². The molecule has 0 bridgehead atoms. The van der Waals surface area contributed by atoms with Crippen LogP contribution in [0.2, 0.25) is 0 Å². The average Bonchev–Trinajstić information content (AvgIpc) is 1.90. The number of hydrogen-bond donors (Lipinski definition) is 0. The fourth-order valence-corrected chi connectivity index (χ4v) is 0.620. The van der Waals surface area contributed by atoms with Crippen molar-refractivity contribution in [1.29, 1.82) is 0 Å². The van der Waals surface area contributed by atoms with E-state index in [1.807, 2.05) is 12.1 Å². The van der Waals surface area contributed by atoms with Crippen molar-refractivity contribution >= 4 is 0 Å². The fourth-order valence-electron chi connectivity index (χ4n) is 0.620. The van der Waals surface area contributed by atoms with Gasteiger partial charge in [0.2, 0.25) is 0 Å². The summed E-state index contributed by atoms with van der Waals surface area (Å²) in [7, 11) is 0. The molecule has 0 atom stereocenters. The van der Waals surface area contributed by atoms with Crippen molar-refractivity contribution < 1.29 is 0 Å². The van der Waals surface area contributed by atoms with Gasteiger partial charge in [-0.3, -0.25) is 0 Å². The Kier molecular flexibility index (Phi) is 1.69. The molecule has 46 valence electrons. The first-order valence-corrected chi connectivity index (χ1v) is 3.05. The highest BCUT2D eigenvalue weighted by Crippen LogP contribution is 2.07. The molecule has 0 aliphatic heterocycles. The molecule has 0 amide bonds. The van der Waals surface area contributed by atoms with Gasteiger partial charge in [-0.05, 0) is 24.1 Å². The molecule has 9 heavy (non-hydrogen) atoms. The maximum Gasteiger partial charge on any atom is 0.0542 e. The summed E-state index contributed by atoms with van der Waals surface area (Å²) in [4.78, 5) is 4.00. The summed E-state index contributed by atoms with van der Waals surface area (Å²) in [5, 5.41) is 0. The lowest BCUT2D eigenvalue weighted by Crippen LogP contribution is -1.87. The lowest BCUT2D eigenvalue weighted by Gasteiger charge is -1.97. The highest BCUT2D eigenvalue weighted by molar-refractivity contribution is 5.03. The van der Waals surface area contributed by atoms with Crippen LogP contribution in [0.4, 0.5) is 0 Å². The maximum absolute atomic E-state index is 4.00. The molecule has 0 radical (unpaired) electrons. The number of aromatic nitrogens is 1. The molecule has 0 saturated carbocycles. The molecule has 1 heterocycles. The van der Waals surface area contributed by atoms with E-state index in [0.29, 0.717) is 5.92 Å². The van der Waals surface area contributed by atoms with E-state index in [2.05, 4.69) is 31.1 Å². The highest BCUT2D eigenvalue weighted by Gasteiger charge is 1.95. The Balaban J connectivity index is 2.85. The summed E-state index contributed by atoms with van der Waals surface area (Å²) in [6, 6.07) is 6.55. The average molecular weight is 119 g/mol. The monoisotopic (exact) mass is 119 g/mol. The Morgan fingerprint density at radius 3 is 2.67 bits per heavy atom. The van der Waals surface area contributed by atoms with Gasteiger partial charge in [-0.15, -0.1) is 0 Å². The van der Waals surface area contributed by atoms with Gasteiger partial charge in [0.1, 0.15) is 0 Å². The predicted molar refractivity (Wildman–Crippen MR) is 36.0 cm³/mol. The van der Waals surface area contributed by atoms with E-state index in [1.165, 1.54) is 0 Å². The zero-order valence-electron chi connectivity index (χ0n) is 5.68. The second-order valence-electron chi connectivity index (χ2n) is 2.28. The molecular weight excluding hydrogens is 110 g/mol. The van der Waals surface area contributed by atoms with Gasteiger partial charge >= 0.3 is 0 Å². The molecule has 0 aliphatic carbocycles. The van der Waals surface area contributed by atoms with Gasteiger partial charge in [-0.2, -0.15) is 0 Å². The van der Waals surface area contributed by atoms with Gasteiger partial charge in [0.05, 0.1) is 5.69 Å². The van der Waals surface area contributed by atoms with E-state index in [9.17, 15) is 0 Å². The highest BCUT2D eigenvalue weighted by atomic mass is 14.6. The van der Waals surface area contributed by atoms with E-state index in [0.717, 1.165) is 5.69 Å². The van der Waals surface area contributed by atoms with E-state index in [1.54, 1.807) is 0 Å². The van der Waals surface area contributed by atoms with Gasteiger partial charge in [0.25, 0.3) is 0 Å². The first-order valence-electron chi connectivity index (χ1n) is 3.05. The van der Waals surface area contributed by atoms with Crippen molar-refractivity contribution in [2.24, 2.45) is 0 Å². The Morgan fingerprint density at radius 2 is 2.33 bits per heavy atom. The third kappa shape index (κ3) is 1.43. The molecule has 0 aromatic carbocycles. The maximum atomic E-state index is 4.00. The Labute approximate surface area is 55.7 Å². The SMILES string of the molecule is CC(C)c1ccc#cn1. The van der Waals surface area contributed by atoms with E-state index in [4.69, 9.17) is 0 Å². The van der Waals surface area contributed by atoms with Crippen LogP contribution >= 0.6 is 0 Å². The fraction of sp³-hybridized carbons (Fsp3) is 0.375. The molecule has 1 heteroatoms. The van der Waals surface area contributed by atoms with Gasteiger partial charge < -0.3 is 0 Å².